The van der Waals surface area contributed by atoms with Gasteiger partial charge in [0.1, 0.15) is 6.33 Å². The Morgan fingerprint density at radius 2 is 2.09 bits per heavy atom. The third kappa shape index (κ3) is 3.01. The first-order valence-corrected chi connectivity index (χ1v) is 6.89. The Kier molecular flexibility index (Phi) is 3.91. The van der Waals surface area contributed by atoms with E-state index in [1.807, 2.05) is 43.3 Å². The van der Waals surface area contributed by atoms with E-state index in [2.05, 4.69) is 20.4 Å². The lowest BCUT2D eigenvalue weighted by Crippen LogP contribution is -2.24. The summed E-state index contributed by atoms with van der Waals surface area (Å²) in [7, 11) is 0. The fraction of sp³-hybridized carbons (Fsp3) is 0.125. The van der Waals surface area contributed by atoms with E-state index in [0.29, 0.717) is 6.54 Å². The predicted octanol–water partition coefficient (Wildman–Crippen LogP) is 1.90. The third-order valence-corrected chi connectivity index (χ3v) is 3.23. The van der Waals surface area contributed by atoms with Crippen LogP contribution in [0.5, 0.6) is 0 Å². The molecule has 0 unspecified atom stereocenters. The van der Waals surface area contributed by atoms with Gasteiger partial charge in [-0.1, -0.05) is 24.3 Å². The maximum absolute atomic E-state index is 12.1. The molecule has 0 aliphatic rings. The lowest BCUT2D eigenvalue weighted by atomic mass is 10.2. The Morgan fingerprint density at radius 1 is 1.23 bits per heavy atom. The first kappa shape index (κ1) is 13.9. The minimum Gasteiger partial charge on any atom is -0.345 e. The molecule has 6 heteroatoms. The Bertz CT molecular complexity index is 782. The van der Waals surface area contributed by atoms with Crippen molar-refractivity contribution in [2.75, 3.05) is 0 Å². The smallest absolute Gasteiger partial charge is 0.291 e. The number of amides is 1. The van der Waals surface area contributed by atoms with Gasteiger partial charge in [0.05, 0.1) is 5.69 Å². The van der Waals surface area contributed by atoms with Crippen LogP contribution in [0.4, 0.5) is 0 Å². The predicted molar refractivity (Wildman–Crippen MR) is 81.5 cm³/mol. The van der Waals surface area contributed by atoms with E-state index in [4.69, 9.17) is 0 Å². The van der Waals surface area contributed by atoms with Crippen LogP contribution in [0.15, 0.2) is 55.1 Å². The number of hydrogen-bond acceptors (Lipinski definition) is 4. The number of para-hydroxylation sites is 1. The van der Waals surface area contributed by atoms with Gasteiger partial charge in [0.25, 0.3) is 5.91 Å². The van der Waals surface area contributed by atoms with Crippen molar-refractivity contribution in [1.29, 1.82) is 0 Å². The highest BCUT2D eigenvalue weighted by Crippen LogP contribution is 2.11. The van der Waals surface area contributed by atoms with E-state index in [1.165, 1.54) is 0 Å². The van der Waals surface area contributed by atoms with Gasteiger partial charge >= 0.3 is 0 Å². The number of carbonyl (C=O) groups excluding carboxylic acids is 1. The number of carbonyl (C=O) groups is 1. The van der Waals surface area contributed by atoms with Crippen molar-refractivity contribution >= 4 is 5.91 Å². The van der Waals surface area contributed by atoms with E-state index in [9.17, 15) is 4.79 Å². The molecule has 0 saturated carbocycles. The summed E-state index contributed by atoms with van der Waals surface area (Å²) in [5, 5.41) is 7.01. The highest BCUT2D eigenvalue weighted by atomic mass is 16.2. The van der Waals surface area contributed by atoms with Gasteiger partial charge in [0.15, 0.2) is 0 Å². The van der Waals surface area contributed by atoms with E-state index < -0.39 is 0 Å². The molecule has 0 bridgehead atoms. The van der Waals surface area contributed by atoms with Gasteiger partial charge in [-0.2, -0.15) is 0 Å². The van der Waals surface area contributed by atoms with Crippen molar-refractivity contribution in [2.24, 2.45) is 0 Å². The fourth-order valence-electron chi connectivity index (χ4n) is 2.07. The van der Waals surface area contributed by atoms with Crippen LogP contribution in [0.2, 0.25) is 0 Å². The van der Waals surface area contributed by atoms with E-state index in [0.717, 1.165) is 16.8 Å². The summed E-state index contributed by atoms with van der Waals surface area (Å²) < 4.78 is 1.61. The van der Waals surface area contributed by atoms with Crippen molar-refractivity contribution in [1.82, 2.24) is 25.1 Å². The van der Waals surface area contributed by atoms with E-state index in [1.54, 1.807) is 23.4 Å². The minimum absolute atomic E-state index is 0.146. The second-order valence-electron chi connectivity index (χ2n) is 4.84. The lowest BCUT2D eigenvalue weighted by Gasteiger charge is -2.04. The Balaban J connectivity index is 1.71. The molecule has 0 radical (unpaired) electrons. The van der Waals surface area contributed by atoms with Crippen LogP contribution < -0.4 is 5.32 Å². The second kappa shape index (κ2) is 6.17. The van der Waals surface area contributed by atoms with Crippen LogP contribution in [-0.2, 0) is 6.54 Å². The first-order valence-electron chi connectivity index (χ1n) is 6.89. The van der Waals surface area contributed by atoms with Crippen molar-refractivity contribution < 1.29 is 4.79 Å². The molecular weight excluding hydrogens is 278 g/mol. The van der Waals surface area contributed by atoms with Crippen molar-refractivity contribution in [2.45, 2.75) is 13.5 Å². The largest absolute Gasteiger partial charge is 0.345 e. The summed E-state index contributed by atoms with van der Waals surface area (Å²) in [6.07, 6.45) is 4.94. The molecule has 0 atom stereocenters. The number of hydrogen-bond donors (Lipinski definition) is 1. The molecule has 1 amide bonds. The summed E-state index contributed by atoms with van der Waals surface area (Å²) in [6.45, 7) is 2.38. The minimum atomic E-state index is -0.309. The van der Waals surface area contributed by atoms with Gasteiger partial charge in [-0.25, -0.2) is 9.67 Å². The third-order valence-electron chi connectivity index (χ3n) is 3.23. The molecule has 0 spiro atoms. The molecule has 0 aliphatic heterocycles. The first-order chi connectivity index (χ1) is 10.7. The molecule has 0 aliphatic carbocycles. The zero-order valence-electron chi connectivity index (χ0n) is 12.1. The highest BCUT2D eigenvalue weighted by molar-refractivity contribution is 5.90. The zero-order chi connectivity index (χ0) is 15.4. The van der Waals surface area contributed by atoms with Crippen molar-refractivity contribution in [3.63, 3.8) is 0 Å². The summed E-state index contributed by atoms with van der Waals surface area (Å²) >= 11 is 0. The molecule has 0 saturated heterocycles. The molecule has 3 aromatic rings. The molecule has 22 heavy (non-hydrogen) atoms. The number of nitrogens with one attached hydrogen (secondary N) is 1. The molecular formula is C16H15N5O. The summed E-state index contributed by atoms with van der Waals surface area (Å²) in [6, 6.07) is 11.5. The highest BCUT2D eigenvalue weighted by Gasteiger charge is 2.12. The zero-order valence-corrected chi connectivity index (χ0v) is 12.1. The number of benzene rings is 1. The van der Waals surface area contributed by atoms with Crippen LogP contribution in [0.3, 0.4) is 0 Å². The number of nitrogens with zero attached hydrogens (tertiary/aromatic N) is 4. The molecule has 110 valence electrons. The van der Waals surface area contributed by atoms with Gasteiger partial charge in [-0.15, -0.1) is 5.10 Å². The van der Waals surface area contributed by atoms with Crippen LogP contribution in [0.1, 0.15) is 21.7 Å². The molecule has 3 rings (SSSR count). The van der Waals surface area contributed by atoms with Crippen LogP contribution >= 0.6 is 0 Å². The van der Waals surface area contributed by atoms with Crippen LogP contribution in [0, 0.1) is 6.92 Å². The quantitative estimate of drug-likeness (QED) is 0.797. The topological polar surface area (TPSA) is 72.7 Å². The van der Waals surface area contributed by atoms with Gasteiger partial charge < -0.3 is 5.32 Å². The molecule has 2 aromatic heterocycles. The standard InChI is InChI=1S/C16H15N5O/c1-12-5-2-3-7-14(12)21-11-19-15(20-21)16(22)18-10-13-6-4-8-17-9-13/h2-9,11H,10H2,1H3,(H,18,22). The monoisotopic (exact) mass is 293 g/mol. The van der Waals surface area contributed by atoms with Gasteiger partial charge in [-0.3, -0.25) is 9.78 Å². The Labute approximate surface area is 127 Å². The van der Waals surface area contributed by atoms with Gasteiger partial charge in [-0.05, 0) is 30.2 Å². The summed E-state index contributed by atoms with van der Waals surface area (Å²) in [5.74, 6) is -0.164. The maximum atomic E-state index is 12.1. The average Bonchev–Trinajstić information content (AvgIpc) is 3.04. The number of pyridine rings is 1. The van der Waals surface area contributed by atoms with Crippen molar-refractivity contribution in [3.05, 3.63) is 72.1 Å². The molecule has 2 heterocycles. The van der Waals surface area contributed by atoms with Gasteiger partial charge in [0, 0.05) is 18.9 Å². The second-order valence-corrected chi connectivity index (χ2v) is 4.84. The molecule has 0 fully saturated rings. The summed E-state index contributed by atoms with van der Waals surface area (Å²) in [5.41, 5.74) is 2.89. The lowest BCUT2D eigenvalue weighted by molar-refractivity contribution is 0.0940. The Hall–Kier alpha value is -3.02. The summed E-state index contributed by atoms with van der Waals surface area (Å²) in [4.78, 5) is 20.1. The average molecular weight is 293 g/mol. The van der Waals surface area contributed by atoms with Crippen LogP contribution in [-0.4, -0.2) is 25.7 Å². The van der Waals surface area contributed by atoms with E-state index >= 15 is 0 Å². The molecule has 6 nitrogen and oxygen atoms in total. The van der Waals surface area contributed by atoms with Crippen LogP contribution in [0.25, 0.3) is 5.69 Å². The molecule has 1 aromatic carbocycles. The van der Waals surface area contributed by atoms with Gasteiger partial charge in [0.2, 0.25) is 5.82 Å². The Morgan fingerprint density at radius 3 is 2.86 bits per heavy atom. The van der Waals surface area contributed by atoms with Crippen molar-refractivity contribution in [3.8, 4) is 5.69 Å². The maximum Gasteiger partial charge on any atom is 0.291 e. The number of aromatic nitrogens is 4. The normalized spacial score (nSPS) is 10.4. The molecule has 1 N–H and O–H groups in total. The number of rotatable bonds is 4. The number of aryl methyl sites for hydroxylation is 1. The SMILES string of the molecule is Cc1ccccc1-n1cnc(C(=O)NCc2cccnc2)n1. The van der Waals surface area contributed by atoms with E-state index in [-0.39, 0.29) is 11.7 Å². The fourth-order valence-corrected chi connectivity index (χ4v) is 2.07.